The van der Waals surface area contributed by atoms with E-state index in [0.717, 1.165) is 25.7 Å². The summed E-state index contributed by atoms with van der Waals surface area (Å²) in [7, 11) is 0. The van der Waals surface area contributed by atoms with Crippen molar-refractivity contribution < 1.29 is 24.5 Å². The Kier molecular flexibility index (Phi) is 7.22. The number of hydrogen-bond donors (Lipinski definition) is 3. The summed E-state index contributed by atoms with van der Waals surface area (Å²) in [6.07, 6.45) is 3.36. The van der Waals surface area contributed by atoms with E-state index in [2.05, 4.69) is 12.2 Å². The smallest absolute Gasteiger partial charge is 0.411 e. The lowest BCUT2D eigenvalue weighted by Crippen LogP contribution is -2.20. The molecule has 1 aromatic rings. The van der Waals surface area contributed by atoms with Crippen molar-refractivity contribution in [3.05, 3.63) is 23.8 Å². The van der Waals surface area contributed by atoms with Crippen molar-refractivity contribution in [2.24, 2.45) is 5.92 Å². The first-order chi connectivity index (χ1) is 10.5. The second-order valence-corrected chi connectivity index (χ2v) is 5.14. The van der Waals surface area contributed by atoms with Crippen molar-refractivity contribution in [3.63, 3.8) is 0 Å². The zero-order valence-electron chi connectivity index (χ0n) is 13.0. The normalized spacial score (nSPS) is 11.7. The number of amides is 1. The van der Waals surface area contributed by atoms with E-state index < -0.39 is 17.8 Å². The number of nitrogens with one attached hydrogen (secondary N) is 1. The lowest BCUT2D eigenvalue weighted by atomic mass is 10.0. The van der Waals surface area contributed by atoms with E-state index in [9.17, 15) is 14.7 Å². The molecule has 0 spiro atoms. The highest BCUT2D eigenvalue weighted by molar-refractivity contribution is 6.01. The van der Waals surface area contributed by atoms with Gasteiger partial charge in [0.1, 0.15) is 11.3 Å². The number of aromatic hydroxyl groups is 1. The van der Waals surface area contributed by atoms with Crippen LogP contribution in [0.4, 0.5) is 10.5 Å². The largest absolute Gasteiger partial charge is 0.507 e. The van der Waals surface area contributed by atoms with Crippen LogP contribution in [0.3, 0.4) is 0 Å². The van der Waals surface area contributed by atoms with Crippen LogP contribution in [0.5, 0.6) is 5.75 Å². The maximum Gasteiger partial charge on any atom is 0.411 e. The number of ether oxygens (including phenoxy) is 1. The molecule has 122 valence electrons. The van der Waals surface area contributed by atoms with Crippen LogP contribution in [0.15, 0.2) is 18.2 Å². The molecule has 0 heterocycles. The summed E-state index contributed by atoms with van der Waals surface area (Å²) in [6.45, 7) is 4.44. The number of carbonyl (C=O) groups excluding carboxylic acids is 1. The van der Waals surface area contributed by atoms with Crippen LogP contribution in [-0.4, -0.2) is 28.9 Å². The molecule has 0 saturated heterocycles. The van der Waals surface area contributed by atoms with Gasteiger partial charge >= 0.3 is 12.1 Å². The molecule has 0 aliphatic carbocycles. The number of carboxylic acid groups (broad SMARTS) is 1. The minimum absolute atomic E-state index is 0.0131. The fourth-order valence-corrected chi connectivity index (χ4v) is 2.11. The Morgan fingerprint density at radius 1 is 1.32 bits per heavy atom. The molecule has 1 atom stereocenters. The minimum atomic E-state index is -1.32. The first kappa shape index (κ1) is 17.8. The first-order valence-corrected chi connectivity index (χ1v) is 7.48. The highest BCUT2D eigenvalue weighted by Gasteiger charge is 2.18. The van der Waals surface area contributed by atoms with Gasteiger partial charge in [-0.2, -0.15) is 0 Å². The van der Waals surface area contributed by atoms with Crippen molar-refractivity contribution >= 4 is 17.7 Å². The molecule has 0 fully saturated rings. The van der Waals surface area contributed by atoms with E-state index in [1.165, 1.54) is 18.2 Å². The Morgan fingerprint density at radius 2 is 2.05 bits per heavy atom. The summed E-state index contributed by atoms with van der Waals surface area (Å²) < 4.78 is 5.15. The van der Waals surface area contributed by atoms with E-state index in [1.54, 1.807) is 0 Å². The molecule has 3 N–H and O–H groups in total. The summed E-state index contributed by atoms with van der Waals surface area (Å²) in [5.74, 6) is -1.42. The molecule has 1 rings (SSSR count). The van der Waals surface area contributed by atoms with E-state index in [-0.39, 0.29) is 11.3 Å². The molecular formula is C16H23NO5. The van der Waals surface area contributed by atoms with Crippen LogP contribution in [-0.2, 0) is 4.74 Å². The van der Waals surface area contributed by atoms with Gasteiger partial charge in [0, 0.05) is 0 Å². The molecule has 0 aliphatic rings. The van der Waals surface area contributed by atoms with E-state index in [4.69, 9.17) is 9.84 Å². The number of carboxylic acids is 1. The summed E-state index contributed by atoms with van der Waals surface area (Å²) in [5.41, 5.74) is -0.336. The number of hydrogen-bond acceptors (Lipinski definition) is 4. The zero-order valence-corrected chi connectivity index (χ0v) is 13.0. The number of phenols is 1. The van der Waals surface area contributed by atoms with Gasteiger partial charge in [-0.3, -0.25) is 5.32 Å². The van der Waals surface area contributed by atoms with Gasteiger partial charge in [0.05, 0.1) is 12.3 Å². The van der Waals surface area contributed by atoms with Gasteiger partial charge in [0.15, 0.2) is 0 Å². The number of rotatable bonds is 8. The zero-order chi connectivity index (χ0) is 16.5. The molecule has 0 aromatic heterocycles. The number of benzene rings is 1. The Labute approximate surface area is 130 Å². The molecule has 6 heteroatoms. The molecule has 1 unspecified atom stereocenters. The number of aromatic carboxylic acids is 1. The van der Waals surface area contributed by atoms with Gasteiger partial charge in [-0.25, -0.2) is 9.59 Å². The Balaban J connectivity index is 2.62. The Morgan fingerprint density at radius 3 is 2.64 bits per heavy atom. The molecule has 22 heavy (non-hydrogen) atoms. The number of unbranched alkanes of at least 4 members (excludes halogenated alkanes) is 1. The van der Waals surface area contributed by atoms with Crippen molar-refractivity contribution in [3.8, 4) is 5.75 Å². The van der Waals surface area contributed by atoms with Crippen LogP contribution in [0.1, 0.15) is 49.9 Å². The van der Waals surface area contributed by atoms with E-state index in [0.29, 0.717) is 12.5 Å². The van der Waals surface area contributed by atoms with Gasteiger partial charge in [-0.1, -0.05) is 39.2 Å². The van der Waals surface area contributed by atoms with Crippen LogP contribution in [0.25, 0.3) is 0 Å². The van der Waals surface area contributed by atoms with E-state index >= 15 is 0 Å². The molecule has 1 amide bonds. The van der Waals surface area contributed by atoms with Crippen LogP contribution in [0, 0.1) is 5.92 Å². The van der Waals surface area contributed by atoms with Gasteiger partial charge in [-0.05, 0) is 24.5 Å². The Hall–Kier alpha value is -2.24. The SMILES string of the molecule is CCCCC(CC)COC(=O)Nc1cccc(O)c1C(=O)O. The van der Waals surface area contributed by atoms with Gasteiger partial charge in [-0.15, -0.1) is 0 Å². The summed E-state index contributed by atoms with van der Waals surface area (Å²) in [4.78, 5) is 22.9. The maximum absolute atomic E-state index is 11.8. The predicted octanol–water partition coefficient (Wildman–Crippen LogP) is 3.86. The van der Waals surface area contributed by atoms with Crippen molar-refractivity contribution in [1.82, 2.24) is 0 Å². The van der Waals surface area contributed by atoms with Crippen LogP contribution >= 0.6 is 0 Å². The fourth-order valence-electron chi connectivity index (χ4n) is 2.11. The Bertz CT molecular complexity index is 515. The van der Waals surface area contributed by atoms with E-state index in [1.807, 2.05) is 6.92 Å². The van der Waals surface area contributed by atoms with Gasteiger partial charge in [0.25, 0.3) is 0 Å². The molecular weight excluding hydrogens is 286 g/mol. The standard InChI is InChI=1S/C16H23NO5/c1-3-5-7-11(4-2)10-22-16(21)17-12-8-6-9-13(18)14(12)15(19)20/h6,8-9,11,18H,3-5,7,10H2,1-2H3,(H,17,21)(H,19,20). The molecule has 0 saturated carbocycles. The summed E-state index contributed by atoms with van der Waals surface area (Å²) >= 11 is 0. The topological polar surface area (TPSA) is 95.9 Å². The van der Waals surface area contributed by atoms with Crippen LogP contribution in [0.2, 0.25) is 0 Å². The molecule has 0 bridgehead atoms. The third-order valence-corrected chi connectivity index (χ3v) is 3.49. The molecule has 0 radical (unpaired) electrons. The summed E-state index contributed by atoms with van der Waals surface area (Å²) in [5, 5.41) is 21.0. The third-order valence-electron chi connectivity index (χ3n) is 3.49. The number of anilines is 1. The second-order valence-electron chi connectivity index (χ2n) is 5.14. The molecule has 1 aromatic carbocycles. The highest BCUT2D eigenvalue weighted by Crippen LogP contribution is 2.25. The summed E-state index contributed by atoms with van der Waals surface area (Å²) in [6, 6.07) is 4.10. The predicted molar refractivity (Wildman–Crippen MR) is 83.3 cm³/mol. The third kappa shape index (κ3) is 5.27. The quantitative estimate of drug-likeness (QED) is 0.677. The first-order valence-electron chi connectivity index (χ1n) is 7.48. The average Bonchev–Trinajstić information content (AvgIpc) is 2.47. The van der Waals surface area contributed by atoms with Gasteiger partial charge in [0.2, 0.25) is 0 Å². The second kappa shape index (κ2) is 8.92. The lowest BCUT2D eigenvalue weighted by Gasteiger charge is -2.15. The number of carbonyl (C=O) groups is 2. The lowest BCUT2D eigenvalue weighted by molar-refractivity contribution is 0.0695. The highest BCUT2D eigenvalue weighted by atomic mass is 16.5. The molecule has 6 nitrogen and oxygen atoms in total. The molecule has 0 aliphatic heterocycles. The minimum Gasteiger partial charge on any atom is -0.507 e. The van der Waals surface area contributed by atoms with Crippen molar-refractivity contribution in [2.45, 2.75) is 39.5 Å². The fraction of sp³-hybridized carbons (Fsp3) is 0.500. The average molecular weight is 309 g/mol. The monoisotopic (exact) mass is 309 g/mol. The maximum atomic E-state index is 11.8. The van der Waals surface area contributed by atoms with Crippen molar-refractivity contribution in [2.75, 3.05) is 11.9 Å². The van der Waals surface area contributed by atoms with Crippen LogP contribution < -0.4 is 5.32 Å². The van der Waals surface area contributed by atoms with Crippen molar-refractivity contribution in [1.29, 1.82) is 0 Å². The van der Waals surface area contributed by atoms with Gasteiger partial charge < -0.3 is 14.9 Å².